The Bertz CT molecular complexity index is 238. The van der Waals surface area contributed by atoms with E-state index in [9.17, 15) is 4.79 Å². The summed E-state index contributed by atoms with van der Waals surface area (Å²) in [5.41, 5.74) is 1.11. The fourth-order valence-electron chi connectivity index (χ4n) is 1.97. The molecule has 0 aromatic carbocycles. The molecule has 1 amide bonds. The van der Waals surface area contributed by atoms with Gasteiger partial charge >= 0.3 is 0 Å². The van der Waals surface area contributed by atoms with Crippen LogP contribution in [0.5, 0.6) is 0 Å². The summed E-state index contributed by atoms with van der Waals surface area (Å²) in [5, 5.41) is 3.32. The van der Waals surface area contributed by atoms with E-state index in [1.807, 2.05) is 4.90 Å². The zero-order valence-corrected chi connectivity index (χ0v) is 10.4. The molecule has 0 aromatic rings. The van der Waals surface area contributed by atoms with Crippen LogP contribution in [0.15, 0.2) is 12.2 Å². The van der Waals surface area contributed by atoms with Gasteiger partial charge in [-0.25, -0.2) is 0 Å². The van der Waals surface area contributed by atoms with Gasteiger partial charge in [0.25, 0.3) is 0 Å². The number of likely N-dealkylation sites (tertiary alicyclic amines) is 1. The first-order chi connectivity index (χ1) is 7.74. The van der Waals surface area contributed by atoms with Gasteiger partial charge in [-0.15, -0.1) is 0 Å². The highest BCUT2D eigenvalue weighted by Crippen LogP contribution is 2.12. The largest absolute Gasteiger partial charge is 0.339 e. The minimum absolute atomic E-state index is 0.300. The number of hydrogen-bond donors (Lipinski definition) is 1. The lowest BCUT2D eigenvalue weighted by molar-refractivity contribution is -0.130. The lowest BCUT2D eigenvalue weighted by Gasteiger charge is -2.21. The summed E-state index contributed by atoms with van der Waals surface area (Å²) in [4.78, 5) is 13.7. The SMILES string of the molecule is C=C(CNCCC)CN1CCCCCC1=O. The lowest BCUT2D eigenvalue weighted by Crippen LogP contribution is -2.34. The Hall–Kier alpha value is -0.830. The van der Waals surface area contributed by atoms with Crippen LogP contribution in [0.1, 0.15) is 39.0 Å². The summed E-state index contributed by atoms with van der Waals surface area (Å²) in [6, 6.07) is 0. The summed E-state index contributed by atoms with van der Waals surface area (Å²) in [6.45, 7) is 9.67. The number of hydrogen-bond acceptors (Lipinski definition) is 2. The van der Waals surface area contributed by atoms with E-state index in [1.54, 1.807) is 0 Å². The predicted molar refractivity (Wildman–Crippen MR) is 67.3 cm³/mol. The number of nitrogens with one attached hydrogen (secondary N) is 1. The minimum Gasteiger partial charge on any atom is -0.339 e. The molecule has 1 heterocycles. The fourth-order valence-corrected chi connectivity index (χ4v) is 1.97. The molecule has 1 N–H and O–H groups in total. The molecule has 0 spiro atoms. The summed E-state index contributed by atoms with van der Waals surface area (Å²) in [5.74, 6) is 0.300. The first kappa shape index (κ1) is 13.2. The van der Waals surface area contributed by atoms with Gasteiger partial charge in [-0.2, -0.15) is 0 Å². The van der Waals surface area contributed by atoms with E-state index >= 15 is 0 Å². The Morgan fingerprint density at radius 2 is 2.25 bits per heavy atom. The van der Waals surface area contributed by atoms with Gasteiger partial charge in [-0.05, 0) is 31.4 Å². The van der Waals surface area contributed by atoms with Crippen LogP contribution in [0.4, 0.5) is 0 Å². The zero-order valence-electron chi connectivity index (χ0n) is 10.4. The van der Waals surface area contributed by atoms with Crippen molar-refractivity contribution >= 4 is 5.91 Å². The Balaban J connectivity index is 2.27. The molecule has 0 radical (unpaired) electrons. The molecule has 1 fully saturated rings. The summed E-state index contributed by atoms with van der Waals surface area (Å²) in [6.07, 6.45) is 5.23. The first-order valence-electron chi connectivity index (χ1n) is 6.39. The van der Waals surface area contributed by atoms with Crippen LogP contribution >= 0.6 is 0 Å². The molecule has 0 atom stereocenters. The van der Waals surface area contributed by atoms with Crippen molar-refractivity contribution in [3.63, 3.8) is 0 Å². The zero-order chi connectivity index (χ0) is 11.8. The highest BCUT2D eigenvalue weighted by atomic mass is 16.2. The van der Waals surface area contributed by atoms with E-state index in [0.717, 1.165) is 57.4 Å². The van der Waals surface area contributed by atoms with Gasteiger partial charge in [0.05, 0.1) is 0 Å². The third-order valence-electron chi connectivity index (χ3n) is 2.89. The van der Waals surface area contributed by atoms with Crippen LogP contribution in [0.3, 0.4) is 0 Å². The molecule has 0 unspecified atom stereocenters. The molecule has 1 rings (SSSR count). The molecule has 92 valence electrons. The minimum atomic E-state index is 0.300. The van der Waals surface area contributed by atoms with Crippen LogP contribution in [0, 0.1) is 0 Å². The second kappa shape index (κ2) is 7.44. The van der Waals surface area contributed by atoms with Gasteiger partial charge in [0.1, 0.15) is 0 Å². The van der Waals surface area contributed by atoms with Crippen molar-refractivity contribution in [1.82, 2.24) is 10.2 Å². The average Bonchev–Trinajstić information content (AvgIpc) is 2.45. The van der Waals surface area contributed by atoms with Crippen LogP contribution < -0.4 is 5.32 Å². The molecule has 0 aliphatic carbocycles. The third-order valence-corrected chi connectivity index (χ3v) is 2.89. The average molecular weight is 224 g/mol. The van der Waals surface area contributed by atoms with E-state index in [0.29, 0.717) is 5.91 Å². The fraction of sp³-hybridized carbons (Fsp3) is 0.769. The van der Waals surface area contributed by atoms with Crippen molar-refractivity contribution in [3.05, 3.63) is 12.2 Å². The van der Waals surface area contributed by atoms with Crippen molar-refractivity contribution in [2.75, 3.05) is 26.2 Å². The Morgan fingerprint density at radius 3 is 3.00 bits per heavy atom. The molecule has 1 saturated heterocycles. The van der Waals surface area contributed by atoms with E-state index in [2.05, 4.69) is 18.8 Å². The maximum absolute atomic E-state index is 11.7. The smallest absolute Gasteiger partial charge is 0.222 e. The van der Waals surface area contributed by atoms with Crippen molar-refractivity contribution in [2.45, 2.75) is 39.0 Å². The van der Waals surface area contributed by atoms with Gasteiger partial charge < -0.3 is 10.2 Å². The lowest BCUT2D eigenvalue weighted by atomic mass is 10.2. The molecule has 1 aliphatic heterocycles. The molecular formula is C13H24N2O. The van der Waals surface area contributed by atoms with Gasteiger partial charge in [-0.3, -0.25) is 4.79 Å². The second-order valence-corrected chi connectivity index (χ2v) is 4.55. The molecule has 3 nitrogen and oxygen atoms in total. The first-order valence-corrected chi connectivity index (χ1v) is 6.39. The molecular weight excluding hydrogens is 200 g/mol. The molecule has 3 heteroatoms. The second-order valence-electron chi connectivity index (χ2n) is 4.55. The summed E-state index contributed by atoms with van der Waals surface area (Å²) >= 11 is 0. The van der Waals surface area contributed by atoms with Gasteiger partial charge in [0.15, 0.2) is 0 Å². The number of carbonyl (C=O) groups is 1. The van der Waals surface area contributed by atoms with Crippen LogP contribution in [0.2, 0.25) is 0 Å². The van der Waals surface area contributed by atoms with E-state index < -0.39 is 0 Å². The van der Waals surface area contributed by atoms with Crippen molar-refractivity contribution in [3.8, 4) is 0 Å². The Kier molecular flexibility index (Phi) is 6.16. The maximum Gasteiger partial charge on any atom is 0.222 e. The van der Waals surface area contributed by atoms with Crippen LogP contribution in [-0.4, -0.2) is 37.0 Å². The number of rotatable bonds is 6. The molecule has 1 aliphatic rings. The topological polar surface area (TPSA) is 32.3 Å². The van der Waals surface area contributed by atoms with Crippen LogP contribution in [-0.2, 0) is 4.79 Å². The number of nitrogens with zero attached hydrogens (tertiary/aromatic N) is 1. The van der Waals surface area contributed by atoms with Crippen molar-refractivity contribution in [2.24, 2.45) is 0 Å². The maximum atomic E-state index is 11.7. The van der Waals surface area contributed by atoms with E-state index in [4.69, 9.17) is 0 Å². The van der Waals surface area contributed by atoms with Crippen LogP contribution in [0.25, 0.3) is 0 Å². The summed E-state index contributed by atoms with van der Waals surface area (Å²) in [7, 11) is 0. The highest BCUT2D eigenvalue weighted by molar-refractivity contribution is 5.76. The number of carbonyl (C=O) groups excluding carboxylic acids is 1. The molecule has 16 heavy (non-hydrogen) atoms. The van der Waals surface area contributed by atoms with Gasteiger partial charge in [0.2, 0.25) is 5.91 Å². The van der Waals surface area contributed by atoms with Crippen molar-refractivity contribution < 1.29 is 4.79 Å². The van der Waals surface area contributed by atoms with E-state index in [1.165, 1.54) is 6.42 Å². The Morgan fingerprint density at radius 1 is 1.44 bits per heavy atom. The van der Waals surface area contributed by atoms with Crippen molar-refractivity contribution in [1.29, 1.82) is 0 Å². The van der Waals surface area contributed by atoms with Gasteiger partial charge in [0, 0.05) is 26.1 Å². The Labute approximate surface area is 98.9 Å². The normalized spacial score (nSPS) is 17.3. The molecule has 0 aromatic heterocycles. The molecule has 0 saturated carbocycles. The predicted octanol–water partition coefficient (Wildman–Crippen LogP) is 1.94. The quantitative estimate of drug-likeness (QED) is 0.552. The van der Waals surface area contributed by atoms with E-state index in [-0.39, 0.29) is 0 Å². The van der Waals surface area contributed by atoms with Gasteiger partial charge in [-0.1, -0.05) is 19.9 Å². The molecule has 0 bridgehead atoms. The summed E-state index contributed by atoms with van der Waals surface area (Å²) < 4.78 is 0. The number of amides is 1. The monoisotopic (exact) mass is 224 g/mol. The third kappa shape index (κ3) is 4.79. The highest BCUT2D eigenvalue weighted by Gasteiger charge is 2.16. The standard InChI is InChI=1S/C13H24N2O/c1-3-8-14-10-12(2)11-15-9-6-4-5-7-13(15)16/h14H,2-11H2,1H3.